The largest absolute Gasteiger partial charge is 0.387 e. The minimum atomic E-state index is -0.420. The Hall–Kier alpha value is -1.09. The molecule has 3 heteroatoms. The van der Waals surface area contributed by atoms with Crippen LogP contribution in [0.15, 0.2) is 18.3 Å². The van der Waals surface area contributed by atoms with E-state index in [-0.39, 0.29) is 0 Å². The maximum Gasteiger partial charge on any atom is 0.0957 e. The molecule has 0 aliphatic heterocycles. The topological polar surface area (TPSA) is 36.4 Å². The van der Waals surface area contributed by atoms with Gasteiger partial charge in [0.2, 0.25) is 0 Å². The van der Waals surface area contributed by atoms with Gasteiger partial charge in [0.1, 0.15) is 0 Å². The lowest BCUT2D eigenvalue weighted by atomic mass is 10.2. The van der Waals surface area contributed by atoms with Gasteiger partial charge in [0, 0.05) is 12.6 Å². The number of anilines is 1. The van der Waals surface area contributed by atoms with Crippen molar-refractivity contribution in [2.45, 2.75) is 51.2 Å². The van der Waals surface area contributed by atoms with Crippen molar-refractivity contribution < 1.29 is 5.11 Å². The van der Waals surface area contributed by atoms with E-state index < -0.39 is 6.10 Å². The quantitative estimate of drug-likeness (QED) is 0.838. The van der Waals surface area contributed by atoms with Gasteiger partial charge in [-0.05, 0) is 50.2 Å². The van der Waals surface area contributed by atoms with E-state index in [4.69, 9.17) is 0 Å². The first-order valence-electron chi connectivity index (χ1n) is 7.18. The highest BCUT2D eigenvalue weighted by atomic mass is 16.3. The molecule has 18 heavy (non-hydrogen) atoms. The summed E-state index contributed by atoms with van der Waals surface area (Å²) < 4.78 is 0. The van der Waals surface area contributed by atoms with Crippen molar-refractivity contribution in [3.8, 4) is 0 Å². The molecule has 1 heterocycles. The molecule has 2 fully saturated rings. The Bertz CT molecular complexity index is 395. The van der Waals surface area contributed by atoms with Crippen LogP contribution in [-0.4, -0.2) is 22.7 Å². The molecule has 98 valence electrons. The van der Waals surface area contributed by atoms with Gasteiger partial charge in [0.15, 0.2) is 0 Å². The van der Waals surface area contributed by atoms with Crippen LogP contribution in [0.2, 0.25) is 0 Å². The summed E-state index contributed by atoms with van der Waals surface area (Å²) in [6.45, 7) is 3.17. The van der Waals surface area contributed by atoms with E-state index in [0.717, 1.165) is 24.1 Å². The van der Waals surface area contributed by atoms with Crippen molar-refractivity contribution in [1.29, 1.82) is 0 Å². The Labute approximate surface area is 109 Å². The van der Waals surface area contributed by atoms with Crippen molar-refractivity contribution in [2.24, 2.45) is 5.92 Å². The SMILES string of the molecule is CC[C@@H](O)c1ccc(N(CC2CC2)C2CC2)cn1. The first-order valence-corrected chi connectivity index (χ1v) is 7.18. The number of hydrogen-bond acceptors (Lipinski definition) is 3. The molecule has 1 atom stereocenters. The monoisotopic (exact) mass is 246 g/mol. The lowest BCUT2D eigenvalue weighted by Gasteiger charge is -2.24. The van der Waals surface area contributed by atoms with Crippen molar-refractivity contribution >= 4 is 5.69 Å². The summed E-state index contributed by atoms with van der Waals surface area (Å²) in [5.41, 5.74) is 2.03. The summed E-state index contributed by atoms with van der Waals surface area (Å²) in [6.07, 6.45) is 7.68. The second kappa shape index (κ2) is 4.88. The molecule has 0 amide bonds. The Morgan fingerprint density at radius 1 is 1.33 bits per heavy atom. The number of aliphatic hydroxyl groups excluding tert-OH is 1. The minimum absolute atomic E-state index is 0.420. The van der Waals surface area contributed by atoms with E-state index in [2.05, 4.69) is 16.0 Å². The molecule has 1 aromatic rings. The zero-order valence-corrected chi connectivity index (χ0v) is 11.0. The van der Waals surface area contributed by atoms with Crippen molar-refractivity contribution in [1.82, 2.24) is 4.98 Å². The normalized spacial score (nSPS) is 20.8. The van der Waals surface area contributed by atoms with Crippen LogP contribution in [0.5, 0.6) is 0 Å². The lowest BCUT2D eigenvalue weighted by Crippen LogP contribution is -2.28. The number of aliphatic hydroxyl groups is 1. The van der Waals surface area contributed by atoms with Crippen molar-refractivity contribution in [2.75, 3.05) is 11.4 Å². The second-order valence-corrected chi connectivity index (χ2v) is 5.69. The van der Waals surface area contributed by atoms with E-state index in [1.165, 1.54) is 37.9 Å². The third-order valence-electron chi connectivity index (χ3n) is 3.97. The molecular weight excluding hydrogens is 224 g/mol. The molecule has 2 saturated carbocycles. The minimum Gasteiger partial charge on any atom is -0.387 e. The molecule has 3 nitrogen and oxygen atoms in total. The number of rotatable bonds is 6. The van der Waals surface area contributed by atoms with Crippen LogP contribution in [0.4, 0.5) is 5.69 Å². The average Bonchev–Trinajstić information content (AvgIpc) is 3.28. The molecule has 0 aromatic carbocycles. The maximum atomic E-state index is 9.76. The third-order valence-corrected chi connectivity index (χ3v) is 3.97. The smallest absolute Gasteiger partial charge is 0.0957 e. The second-order valence-electron chi connectivity index (χ2n) is 5.69. The molecule has 2 aliphatic carbocycles. The molecule has 2 aliphatic rings. The highest BCUT2D eigenvalue weighted by molar-refractivity contribution is 5.47. The van der Waals surface area contributed by atoms with Gasteiger partial charge in [-0.15, -0.1) is 0 Å². The van der Waals surface area contributed by atoms with E-state index in [0.29, 0.717) is 0 Å². The van der Waals surface area contributed by atoms with Gasteiger partial charge in [-0.2, -0.15) is 0 Å². The fourth-order valence-corrected chi connectivity index (χ4v) is 2.40. The van der Waals surface area contributed by atoms with E-state index in [1.807, 2.05) is 19.2 Å². The van der Waals surface area contributed by atoms with Gasteiger partial charge in [-0.3, -0.25) is 4.98 Å². The summed E-state index contributed by atoms with van der Waals surface area (Å²) in [7, 11) is 0. The molecule has 0 radical (unpaired) electrons. The Morgan fingerprint density at radius 3 is 2.61 bits per heavy atom. The van der Waals surface area contributed by atoms with Crippen LogP contribution in [0.25, 0.3) is 0 Å². The third kappa shape index (κ3) is 2.66. The summed E-state index contributed by atoms with van der Waals surface area (Å²) in [6, 6.07) is 4.85. The van der Waals surface area contributed by atoms with Crippen LogP contribution in [0.1, 0.15) is 50.8 Å². The number of pyridine rings is 1. The summed E-state index contributed by atoms with van der Waals surface area (Å²) in [5, 5.41) is 9.76. The van der Waals surface area contributed by atoms with Gasteiger partial charge in [0.05, 0.1) is 23.7 Å². The summed E-state index contributed by atoms with van der Waals surface area (Å²) in [4.78, 5) is 6.94. The van der Waals surface area contributed by atoms with Crippen LogP contribution in [-0.2, 0) is 0 Å². The van der Waals surface area contributed by atoms with Crippen molar-refractivity contribution in [3.05, 3.63) is 24.0 Å². The van der Waals surface area contributed by atoms with Gasteiger partial charge >= 0.3 is 0 Å². The number of aromatic nitrogens is 1. The molecule has 0 bridgehead atoms. The number of hydrogen-bond donors (Lipinski definition) is 1. The zero-order valence-electron chi connectivity index (χ0n) is 11.0. The Kier molecular flexibility index (Phi) is 3.25. The standard InChI is InChI=1S/C15H22N2O/c1-2-15(18)14-8-7-13(9-16-14)17(12-5-6-12)10-11-3-4-11/h7-9,11-12,15,18H,2-6,10H2,1H3/t15-/m1/s1. The molecule has 1 N–H and O–H groups in total. The molecule has 3 rings (SSSR count). The predicted molar refractivity (Wildman–Crippen MR) is 72.6 cm³/mol. The summed E-state index contributed by atoms with van der Waals surface area (Å²) in [5.74, 6) is 0.909. The molecule has 1 aromatic heterocycles. The van der Waals surface area contributed by atoms with Crippen LogP contribution >= 0.6 is 0 Å². The van der Waals surface area contributed by atoms with Gasteiger partial charge in [0.25, 0.3) is 0 Å². The molecular formula is C15H22N2O. The van der Waals surface area contributed by atoms with E-state index >= 15 is 0 Å². The summed E-state index contributed by atoms with van der Waals surface area (Å²) >= 11 is 0. The molecule has 0 saturated heterocycles. The van der Waals surface area contributed by atoms with Crippen LogP contribution < -0.4 is 4.90 Å². The number of nitrogens with zero attached hydrogens (tertiary/aromatic N) is 2. The lowest BCUT2D eigenvalue weighted by molar-refractivity contribution is 0.169. The first-order chi connectivity index (χ1) is 8.78. The molecule has 0 spiro atoms. The van der Waals surface area contributed by atoms with Gasteiger partial charge in [-0.1, -0.05) is 6.92 Å². The highest BCUT2D eigenvalue weighted by Gasteiger charge is 2.33. The fourth-order valence-electron chi connectivity index (χ4n) is 2.40. The van der Waals surface area contributed by atoms with Gasteiger partial charge in [-0.25, -0.2) is 0 Å². The zero-order chi connectivity index (χ0) is 12.5. The van der Waals surface area contributed by atoms with Crippen LogP contribution in [0, 0.1) is 5.92 Å². The van der Waals surface area contributed by atoms with E-state index in [9.17, 15) is 5.11 Å². The van der Waals surface area contributed by atoms with Gasteiger partial charge < -0.3 is 10.0 Å². The van der Waals surface area contributed by atoms with E-state index in [1.54, 1.807) is 0 Å². The maximum absolute atomic E-state index is 9.76. The first kappa shape index (κ1) is 12.0. The van der Waals surface area contributed by atoms with Crippen molar-refractivity contribution in [3.63, 3.8) is 0 Å². The fraction of sp³-hybridized carbons (Fsp3) is 0.667. The Balaban J connectivity index is 1.72. The molecule has 0 unspecified atom stereocenters. The van der Waals surface area contributed by atoms with Crippen LogP contribution in [0.3, 0.4) is 0 Å². The predicted octanol–water partition coefficient (Wildman–Crippen LogP) is 2.90. The average molecular weight is 246 g/mol. The Morgan fingerprint density at radius 2 is 2.11 bits per heavy atom. The highest BCUT2D eigenvalue weighted by Crippen LogP contribution is 2.37.